The first-order valence-corrected chi connectivity index (χ1v) is 36.3. The van der Waals surface area contributed by atoms with Crippen LogP contribution in [0, 0.1) is 11.8 Å². The Morgan fingerprint density at radius 3 is 1.08 bits per heavy atom. The second-order valence-electron chi connectivity index (χ2n) is 27.4. The van der Waals surface area contributed by atoms with Gasteiger partial charge in [0, 0.05) is 40.6 Å². The molecule has 28 heteroatoms. The molecule has 8 aromatic carbocycles. The van der Waals surface area contributed by atoms with E-state index in [-0.39, 0.29) is 23.7 Å². The van der Waals surface area contributed by atoms with Gasteiger partial charge in [-0.3, -0.25) is 35.5 Å². The second-order valence-corrected chi connectivity index (χ2v) is 27.4. The van der Waals surface area contributed by atoms with E-state index in [1.165, 1.54) is 61.4 Å². The van der Waals surface area contributed by atoms with Gasteiger partial charge < -0.3 is 19.3 Å². The van der Waals surface area contributed by atoms with Crippen LogP contribution in [0.1, 0.15) is 195 Å². The minimum atomic E-state index is -4.38. The number of halogens is 12. The van der Waals surface area contributed by atoms with Gasteiger partial charge in [0.2, 0.25) is 29.5 Å². The van der Waals surface area contributed by atoms with Gasteiger partial charge in [0.05, 0.1) is 34.1 Å². The smallest absolute Gasteiger partial charge is 0.416 e. The van der Waals surface area contributed by atoms with Crippen molar-refractivity contribution in [2.24, 2.45) is 17.7 Å². The van der Waals surface area contributed by atoms with Crippen molar-refractivity contribution in [2.75, 3.05) is 13.1 Å². The molecule has 0 spiro atoms. The molecule has 1 unspecified atom stereocenters. The normalized spacial score (nSPS) is 15.3. The Balaban J connectivity index is 0.000000152. The lowest BCUT2D eigenvalue weighted by molar-refractivity contribution is -0.141. The Kier molecular flexibility index (Phi) is 28.3. The van der Waals surface area contributed by atoms with Crippen LogP contribution in [0.25, 0.3) is 22.9 Å². The molecular formula is C83H81F12N9O7. The number of alkyl halides is 12. The molecule has 584 valence electrons. The van der Waals surface area contributed by atoms with E-state index in [0.717, 1.165) is 166 Å². The van der Waals surface area contributed by atoms with Crippen molar-refractivity contribution in [3.05, 3.63) is 284 Å². The van der Waals surface area contributed by atoms with Crippen molar-refractivity contribution in [3.63, 3.8) is 0 Å². The Hall–Kier alpha value is -11.0. The molecule has 1 saturated heterocycles. The van der Waals surface area contributed by atoms with Crippen LogP contribution in [0.15, 0.2) is 203 Å². The molecule has 0 bridgehead atoms. The van der Waals surface area contributed by atoms with Crippen molar-refractivity contribution < 1.29 is 85.8 Å². The zero-order valence-corrected chi connectivity index (χ0v) is 60.0. The number of nitrogen functional groups attached to an aromatic ring is 1. The van der Waals surface area contributed by atoms with E-state index >= 15 is 0 Å². The number of nitrogens with zero attached hydrogens (tertiary/aromatic N) is 4. The molecule has 14 rings (SSSR count). The first kappa shape index (κ1) is 82.5. The largest absolute Gasteiger partial charge is 0.481 e. The minimum absolute atomic E-state index is 0.0185. The number of carbonyl (C=O) groups excluding carboxylic acids is 3. The molecule has 3 saturated carbocycles. The first-order chi connectivity index (χ1) is 53.1. The minimum Gasteiger partial charge on any atom is -0.481 e. The van der Waals surface area contributed by atoms with Crippen molar-refractivity contribution >= 4 is 23.7 Å². The number of rotatable bonds is 16. The van der Waals surface area contributed by atoms with Gasteiger partial charge in [-0.25, -0.2) is 5.84 Å². The lowest BCUT2D eigenvalue weighted by Crippen LogP contribution is -2.44. The summed E-state index contributed by atoms with van der Waals surface area (Å²) in [6.07, 6.45) is -2.56. The van der Waals surface area contributed by atoms with E-state index in [1.807, 2.05) is 54.0 Å². The lowest BCUT2D eigenvalue weighted by Gasteiger charge is -2.14. The molecule has 3 amide bonds. The number of carboxylic acids is 1. The van der Waals surface area contributed by atoms with Crippen molar-refractivity contribution in [1.82, 2.24) is 42.0 Å². The van der Waals surface area contributed by atoms with E-state index in [0.29, 0.717) is 88.5 Å². The van der Waals surface area contributed by atoms with Crippen LogP contribution >= 0.6 is 0 Å². The zero-order chi connectivity index (χ0) is 79.3. The summed E-state index contributed by atoms with van der Waals surface area (Å²) in [5, 5.41) is 28.5. The summed E-state index contributed by atoms with van der Waals surface area (Å²) in [6, 6.07) is 49.0. The number of benzene rings is 8. The summed E-state index contributed by atoms with van der Waals surface area (Å²) in [4.78, 5) is 46.4. The molecule has 4 fully saturated rings. The fourth-order valence-electron chi connectivity index (χ4n) is 13.5. The molecule has 0 radical (unpaired) electrons. The molecule has 3 heterocycles. The van der Waals surface area contributed by atoms with Gasteiger partial charge >= 0.3 is 30.7 Å². The topological polar surface area (TPSA) is 240 Å². The molecule has 10 aromatic rings. The molecule has 1 aliphatic heterocycles. The monoisotopic (exact) mass is 1540 g/mol. The number of hydrogen-bond donors (Lipinski definition) is 6. The number of hydrazine groups is 2. The third-order valence-electron chi connectivity index (χ3n) is 19.6. The van der Waals surface area contributed by atoms with Crippen LogP contribution in [0.2, 0.25) is 0 Å². The quantitative estimate of drug-likeness (QED) is 0.0229. The maximum Gasteiger partial charge on any atom is 0.416 e. The fourth-order valence-corrected chi connectivity index (χ4v) is 13.5. The lowest BCUT2D eigenvalue weighted by atomic mass is 9.98. The van der Waals surface area contributed by atoms with E-state index in [4.69, 9.17) is 19.8 Å². The third-order valence-corrected chi connectivity index (χ3v) is 19.6. The number of carboxylic acid groups (broad SMARTS) is 1. The maximum absolute atomic E-state index is 12.7. The predicted octanol–water partition coefficient (Wildman–Crippen LogP) is 18.8. The summed E-state index contributed by atoms with van der Waals surface area (Å²) >= 11 is 0. The molecule has 1 atom stereocenters. The highest BCUT2D eigenvalue weighted by Gasteiger charge is 2.34. The van der Waals surface area contributed by atoms with Gasteiger partial charge in [-0.1, -0.05) is 160 Å². The Labute approximate surface area is 632 Å². The van der Waals surface area contributed by atoms with Gasteiger partial charge in [0.25, 0.3) is 11.8 Å². The predicted molar refractivity (Wildman–Crippen MR) is 390 cm³/mol. The van der Waals surface area contributed by atoms with E-state index < -0.39 is 64.7 Å². The highest BCUT2D eigenvalue weighted by Crippen LogP contribution is 2.38. The first-order valence-electron chi connectivity index (χ1n) is 36.3. The van der Waals surface area contributed by atoms with Crippen LogP contribution in [0.4, 0.5) is 52.7 Å². The number of aromatic nitrogens is 4. The highest BCUT2D eigenvalue weighted by atomic mass is 19.4. The van der Waals surface area contributed by atoms with E-state index in [1.54, 1.807) is 48.5 Å². The Morgan fingerprint density at radius 2 is 0.730 bits per heavy atom. The summed E-state index contributed by atoms with van der Waals surface area (Å²) in [5.41, 5.74) is 12.8. The zero-order valence-electron chi connectivity index (χ0n) is 60.0. The summed E-state index contributed by atoms with van der Waals surface area (Å²) < 4.78 is 164. The van der Waals surface area contributed by atoms with Crippen LogP contribution < -0.4 is 27.4 Å². The third kappa shape index (κ3) is 23.8. The standard InChI is InChI=1S/C21H21F3N2O2.C21H19F3N2O.C20H18F3N3O.C15H13F3N2O.C6H10O2/c22-21(23,24)17-11-9-14(10-12-17)13-16-7-3-4-8-18(16)20(28)26-25-19(27)15-5-1-2-6-15;22-21(23,24)17-11-9-14(10-12-17)13-16-7-3-4-8-18(16)20-26-25-19(27-20)15-5-1-2-6-15;21-20(22,23)16-7-5-13(6-8-16)11-14-3-1-2-4-17(14)19-26-25-18(27-19)15-9-10-24-12-15;16-15(17,18)12-7-5-10(6-8-12)9-11-3-1-2-4-13(11)14(21)20-19;7-6(8)5-3-1-2-4-5/h3-4,7-12,15H,1-2,5-6,13H2,(H,25,27)(H,26,28);3-4,7-12,15H,1-2,5-6,13H2;1-8,15,24H,9-12H2;1-8H,9,19H2,(H,20,21);5H,1-4H2,(H,7,8). The summed E-state index contributed by atoms with van der Waals surface area (Å²) in [5.74, 6) is 6.14. The fraction of sp³-hybridized carbons (Fsp3) is 0.325. The van der Waals surface area contributed by atoms with Crippen LogP contribution in [0.5, 0.6) is 0 Å². The van der Waals surface area contributed by atoms with Crippen LogP contribution in [-0.4, -0.2) is 62.3 Å². The summed E-state index contributed by atoms with van der Waals surface area (Å²) in [7, 11) is 0. The second kappa shape index (κ2) is 38.1. The van der Waals surface area contributed by atoms with E-state index in [2.05, 4.69) is 36.6 Å². The SMILES string of the molecule is FC(F)(F)c1ccc(Cc2ccccc2-c2nnc(C3CCCC3)o2)cc1.FC(F)(F)c1ccc(Cc2ccccc2-c2nnc(C3CCNC3)o2)cc1.NNC(=O)c1ccccc1Cc1ccc(C(F)(F)F)cc1.O=C(NNC(=O)C1CCCC1)c1ccccc1Cc1ccc(C(F)(F)F)cc1.O=C(O)C1CCCC1. The van der Waals surface area contributed by atoms with Gasteiger partial charge in [0.1, 0.15) is 0 Å². The van der Waals surface area contributed by atoms with Gasteiger partial charge in [-0.15, -0.1) is 20.4 Å². The van der Waals surface area contributed by atoms with Crippen molar-refractivity contribution in [1.29, 1.82) is 0 Å². The van der Waals surface area contributed by atoms with Gasteiger partial charge in [-0.2, -0.15) is 52.7 Å². The Morgan fingerprint density at radius 1 is 0.396 bits per heavy atom. The molecule has 111 heavy (non-hydrogen) atoms. The average Bonchev–Trinajstić information content (AvgIpc) is 1.71. The number of nitrogens with one attached hydrogen (secondary N) is 4. The molecule has 16 nitrogen and oxygen atoms in total. The molecule has 3 aliphatic carbocycles. The van der Waals surface area contributed by atoms with Crippen molar-refractivity contribution in [2.45, 2.75) is 146 Å². The number of nitrogens with two attached hydrogens (primary N) is 1. The van der Waals surface area contributed by atoms with Crippen molar-refractivity contribution in [3.8, 4) is 22.9 Å². The number of amides is 3. The molecule has 7 N–H and O–H groups in total. The van der Waals surface area contributed by atoms with E-state index in [9.17, 15) is 71.9 Å². The average molecular weight is 1540 g/mol. The molecular weight excluding hydrogens is 1460 g/mol. The van der Waals surface area contributed by atoms with Gasteiger partial charge in [0.15, 0.2) is 0 Å². The van der Waals surface area contributed by atoms with Crippen LogP contribution in [-0.2, 0) is 60.0 Å². The number of aliphatic carboxylic acids is 1. The van der Waals surface area contributed by atoms with Crippen LogP contribution in [0.3, 0.4) is 0 Å². The number of hydrogen-bond acceptors (Lipinski definition) is 12. The highest BCUT2D eigenvalue weighted by molar-refractivity contribution is 5.97. The number of carbonyl (C=O) groups is 4. The molecule has 2 aromatic heterocycles. The van der Waals surface area contributed by atoms with Gasteiger partial charge in [-0.05, 0) is 194 Å². The summed E-state index contributed by atoms with van der Waals surface area (Å²) in [6.45, 7) is 1.77. The Bertz CT molecular complexity index is 4520. The molecule has 4 aliphatic rings. The maximum atomic E-state index is 12.7.